The van der Waals surface area contributed by atoms with E-state index in [-0.39, 0.29) is 6.61 Å². The van der Waals surface area contributed by atoms with Crippen molar-refractivity contribution < 1.29 is 9.90 Å². The van der Waals surface area contributed by atoms with Crippen LogP contribution in [0.15, 0.2) is 6.20 Å². The minimum atomic E-state index is -0.636. The van der Waals surface area contributed by atoms with Gasteiger partial charge in [0.05, 0.1) is 6.20 Å². The highest BCUT2D eigenvalue weighted by Gasteiger charge is 2.20. The molecule has 0 saturated heterocycles. The summed E-state index contributed by atoms with van der Waals surface area (Å²) in [6.45, 7) is 2.08. The van der Waals surface area contributed by atoms with Crippen LogP contribution in [0.5, 0.6) is 0 Å². The molecule has 0 radical (unpaired) electrons. The van der Waals surface area contributed by atoms with Crippen LogP contribution < -0.4 is 11.1 Å². The van der Waals surface area contributed by atoms with Gasteiger partial charge in [-0.15, -0.1) is 5.10 Å². The lowest BCUT2D eigenvalue weighted by Gasteiger charge is -2.15. The van der Waals surface area contributed by atoms with Crippen LogP contribution in [0.25, 0.3) is 0 Å². The molecule has 0 aromatic carbocycles. The van der Waals surface area contributed by atoms with E-state index in [4.69, 9.17) is 10.8 Å². The Kier molecular flexibility index (Phi) is 6.40. The van der Waals surface area contributed by atoms with E-state index in [1.54, 1.807) is 10.9 Å². The fourth-order valence-corrected chi connectivity index (χ4v) is 1.57. The zero-order valence-corrected chi connectivity index (χ0v) is 11.4. The zero-order valence-electron chi connectivity index (χ0n) is 11.4. The van der Waals surface area contributed by atoms with Crippen LogP contribution in [0, 0.1) is 0 Å². The number of carbonyl (C=O) groups is 1. The summed E-state index contributed by atoms with van der Waals surface area (Å²) in [5.74, 6) is -0.479. The maximum absolute atomic E-state index is 11.4. The number of nitrogens with one attached hydrogen (secondary N) is 1. The molecule has 8 heteroatoms. The van der Waals surface area contributed by atoms with Crippen LogP contribution in [0.1, 0.15) is 18.2 Å². The van der Waals surface area contributed by atoms with Gasteiger partial charge < -0.3 is 15.7 Å². The molecule has 0 aliphatic heterocycles. The molecule has 0 spiro atoms. The summed E-state index contributed by atoms with van der Waals surface area (Å²) >= 11 is 0. The molecule has 0 fully saturated rings. The molecule has 4 N–H and O–H groups in total. The van der Waals surface area contributed by atoms with Gasteiger partial charge in [0, 0.05) is 26.2 Å². The monoisotopic (exact) mass is 270 g/mol. The van der Waals surface area contributed by atoms with Crippen molar-refractivity contribution in [2.45, 2.75) is 19.0 Å². The van der Waals surface area contributed by atoms with Crippen LogP contribution in [0.4, 0.5) is 0 Å². The quantitative estimate of drug-likeness (QED) is 0.495. The number of aromatic nitrogens is 3. The van der Waals surface area contributed by atoms with Gasteiger partial charge in [-0.25, -0.2) is 0 Å². The second-order valence-corrected chi connectivity index (χ2v) is 4.58. The molecule has 1 aromatic heterocycles. The molecule has 1 aromatic rings. The molecule has 19 heavy (non-hydrogen) atoms. The summed E-state index contributed by atoms with van der Waals surface area (Å²) in [5.41, 5.74) is 5.87. The molecule has 1 rings (SSSR count). The highest BCUT2D eigenvalue weighted by molar-refractivity contribution is 5.80. The number of hydrogen-bond acceptors (Lipinski definition) is 6. The molecule has 1 unspecified atom stereocenters. The summed E-state index contributed by atoms with van der Waals surface area (Å²) < 4.78 is 1.59. The molecule has 0 bridgehead atoms. The van der Waals surface area contributed by atoms with E-state index in [0.29, 0.717) is 25.2 Å². The summed E-state index contributed by atoms with van der Waals surface area (Å²) in [7, 11) is 3.90. The number of carbonyl (C=O) groups excluding carboxylic acids is 1. The van der Waals surface area contributed by atoms with Crippen molar-refractivity contribution in [3.63, 3.8) is 0 Å². The maximum Gasteiger partial charge on any atom is 0.240 e. The molecule has 1 amide bonds. The van der Waals surface area contributed by atoms with Crippen molar-refractivity contribution in [3.05, 3.63) is 11.9 Å². The summed E-state index contributed by atoms with van der Waals surface area (Å²) in [6.07, 6.45) is 2.27. The Balaban J connectivity index is 2.60. The lowest BCUT2D eigenvalue weighted by atomic mass is 10.2. The highest BCUT2D eigenvalue weighted by atomic mass is 16.3. The van der Waals surface area contributed by atoms with Gasteiger partial charge in [-0.3, -0.25) is 14.8 Å². The van der Waals surface area contributed by atoms with Gasteiger partial charge in [0.2, 0.25) is 5.91 Å². The molecule has 1 atom stereocenters. The Morgan fingerprint density at radius 2 is 2.37 bits per heavy atom. The maximum atomic E-state index is 11.4. The number of nitrogens with zero attached hydrogens (tertiary/aromatic N) is 4. The van der Waals surface area contributed by atoms with Crippen molar-refractivity contribution in [2.75, 3.05) is 33.8 Å². The van der Waals surface area contributed by atoms with Crippen LogP contribution >= 0.6 is 0 Å². The van der Waals surface area contributed by atoms with E-state index >= 15 is 0 Å². The SMILES string of the molecule is CN(C)CCNC(C(N)=O)c1cn(CCCO)nn1. The van der Waals surface area contributed by atoms with Crippen molar-refractivity contribution in [1.29, 1.82) is 0 Å². The average Bonchev–Trinajstić information content (AvgIpc) is 2.79. The lowest BCUT2D eigenvalue weighted by molar-refractivity contribution is -0.120. The molecular weight excluding hydrogens is 248 g/mol. The van der Waals surface area contributed by atoms with Gasteiger partial charge in [-0.1, -0.05) is 5.21 Å². The lowest BCUT2D eigenvalue weighted by Crippen LogP contribution is -2.37. The predicted octanol–water partition coefficient (Wildman–Crippen LogP) is -1.66. The van der Waals surface area contributed by atoms with E-state index in [0.717, 1.165) is 6.54 Å². The Labute approximate surface area is 112 Å². The summed E-state index contributed by atoms with van der Waals surface area (Å²) in [4.78, 5) is 13.4. The van der Waals surface area contributed by atoms with Crippen LogP contribution in [0.3, 0.4) is 0 Å². The number of amides is 1. The third kappa shape index (κ3) is 5.33. The second kappa shape index (κ2) is 7.82. The third-order valence-electron chi connectivity index (χ3n) is 2.59. The first-order chi connectivity index (χ1) is 9.04. The Morgan fingerprint density at radius 1 is 1.63 bits per heavy atom. The molecule has 108 valence electrons. The first-order valence-electron chi connectivity index (χ1n) is 6.23. The normalized spacial score (nSPS) is 12.8. The summed E-state index contributed by atoms with van der Waals surface area (Å²) in [5, 5.41) is 19.6. The van der Waals surface area contributed by atoms with E-state index in [9.17, 15) is 4.79 Å². The van der Waals surface area contributed by atoms with Crippen molar-refractivity contribution >= 4 is 5.91 Å². The van der Waals surface area contributed by atoms with Crippen LogP contribution in [-0.2, 0) is 11.3 Å². The van der Waals surface area contributed by atoms with Gasteiger partial charge in [-0.05, 0) is 20.5 Å². The van der Waals surface area contributed by atoms with Gasteiger partial charge in [0.1, 0.15) is 11.7 Å². The molecule has 1 heterocycles. The fraction of sp³-hybridized carbons (Fsp3) is 0.727. The first kappa shape index (κ1) is 15.5. The first-order valence-corrected chi connectivity index (χ1v) is 6.23. The second-order valence-electron chi connectivity index (χ2n) is 4.58. The van der Waals surface area contributed by atoms with Crippen molar-refractivity contribution in [3.8, 4) is 0 Å². The van der Waals surface area contributed by atoms with Crippen LogP contribution in [-0.4, -0.2) is 64.7 Å². The minimum absolute atomic E-state index is 0.0928. The number of nitrogens with two attached hydrogens (primary N) is 1. The average molecular weight is 270 g/mol. The molecule has 0 saturated carbocycles. The van der Waals surface area contributed by atoms with Gasteiger partial charge in [0.15, 0.2) is 0 Å². The highest BCUT2D eigenvalue weighted by Crippen LogP contribution is 2.08. The Hall–Kier alpha value is -1.51. The number of likely N-dealkylation sites (N-methyl/N-ethyl adjacent to an activating group) is 1. The number of aliphatic hydroxyl groups excluding tert-OH is 1. The molecular formula is C11H22N6O2. The largest absolute Gasteiger partial charge is 0.396 e. The van der Waals surface area contributed by atoms with E-state index in [2.05, 4.69) is 15.6 Å². The number of aliphatic hydroxyl groups is 1. The smallest absolute Gasteiger partial charge is 0.240 e. The van der Waals surface area contributed by atoms with E-state index < -0.39 is 11.9 Å². The van der Waals surface area contributed by atoms with Gasteiger partial charge in [0.25, 0.3) is 0 Å². The molecule has 0 aliphatic rings. The van der Waals surface area contributed by atoms with E-state index in [1.165, 1.54) is 0 Å². The number of rotatable bonds is 9. The van der Waals surface area contributed by atoms with Gasteiger partial charge >= 0.3 is 0 Å². The Bertz CT molecular complexity index is 392. The zero-order chi connectivity index (χ0) is 14.3. The van der Waals surface area contributed by atoms with Crippen molar-refractivity contribution in [1.82, 2.24) is 25.2 Å². The standard InChI is InChI=1S/C11H22N6O2/c1-16(2)6-4-13-10(11(12)19)9-8-17(15-14-9)5-3-7-18/h8,10,13,18H,3-7H2,1-2H3,(H2,12,19). The van der Waals surface area contributed by atoms with Gasteiger partial charge in [-0.2, -0.15) is 0 Å². The van der Waals surface area contributed by atoms with Crippen LogP contribution in [0.2, 0.25) is 0 Å². The Morgan fingerprint density at radius 3 is 2.95 bits per heavy atom. The number of aryl methyl sites for hydroxylation is 1. The minimum Gasteiger partial charge on any atom is -0.396 e. The topological polar surface area (TPSA) is 109 Å². The van der Waals surface area contributed by atoms with E-state index in [1.807, 2.05) is 19.0 Å². The molecule has 0 aliphatic carbocycles. The number of hydrogen-bond donors (Lipinski definition) is 3. The van der Waals surface area contributed by atoms with Crippen molar-refractivity contribution in [2.24, 2.45) is 5.73 Å². The predicted molar refractivity (Wildman–Crippen MR) is 70.2 cm³/mol. The summed E-state index contributed by atoms with van der Waals surface area (Å²) in [6, 6.07) is -0.636. The number of primary amides is 1. The third-order valence-corrected chi connectivity index (χ3v) is 2.59. The molecule has 8 nitrogen and oxygen atoms in total. The fourth-order valence-electron chi connectivity index (χ4n) is 1.57.